The van der Waals surface area contributed by atoms with Crippen LogP contribution in [0.3, 0.4) is 0 Å². The molecule has 0 unspecified atom stereocenters. The van der Waals surface area contributed by atoms with Gasteiger partial charge >= 0.3 is 0 Å². The molecule has 0 aliphatic heterocycles. The lowest BCUT2D eigenvalue weighted by atomic mass is 10.2. The first kappa shape index (κ1) is 12.9. The number of hydrogen-bond donors (Lipinski definition) is 1. The molecule has 0 aromatic heterocycles. The summed E-state index contributed by atoms with van der Waals surface area (Å²) in [6.45, 7) is 0.0957. The summed E-state index contributed by atoms with van der Waals surface area (Å²) < 4.78 is 27.1. The molecule has 1 aromatic carbocycles. The molecule has 0 saturated carbocycles. The largest absolute Gasteiger partial charge is 0.492 e. The van der Waals surface area contributed by atoms with Crippen molar-refractivity contribution < 1.29 is 13.2 Å². The Morgan fingerprint density at radius 1 is 1.44 bits per heavy atom. The first-order chi connectivity index (χ1) is 7.40. The van der Waals surface area contributed by atoms with Gasteiger partial charge in [-0.1, -0.05) is 24.4 Å². The van der Waals surface area contributed by atoms with E-state index in [0.29, 0.717) is 11.3 Å². The quantitative estimate of drug-likeness (QED) is 0.790. The molecule has 2 N–H and O–H groups in total. The molecule has 88 valence electrons. The van der Waals surface area contributed by atoms with Gasteiger partial charge in [0.15, 0.2) is 9.84 Å². The molecular weight excluding hydrogens is 246 g/mol. The number of para-hydroxylation sites is 1. The van der Waals surface area contributed by atoms with Crippen LogP contribution >= 0.6 is 12.2 Å². The van der Waals surface area contributed by atoms with Crippen molar-refractivity contribution in [1.29, 1.82) is 0 Å². The second kappa shape index (κ2) is 5.27. The van der Waals surface area contributed by atoms with Gasteiger partial charge in [0.1, 0.15) is 17.3 Å². The van der Waals surface area contributed by atoms with E-state index in [9.17, 15) is 8.42 Å². The maximum atomic E-state index is 10.9. The van der Waals surface area contributed by atoms with Crippen LogP contribution in [0.25, 0.3) is 0 Å². The molecule has 1 aromatic rings. The van der Waals surface area contributed by atoms with E-state index < -0.39 is 9.84 Å². The van der Waals surface area contributed by atoms with E-state index in [1.807, 2.05) is 0 Å². The SMILES string of the molecule is CS(=O)(=O)CCOc1ccccc1C(N)=S. The van der Waals surface area contributed by atoms with Crippen molar-refractivity contribution in [2.24, 2.45) is 5.73 Å². The first-order valence-corrected chi connectivity index (χ1v) is 7.06. The maximum Gasteiger partial charge on any atom is 0.150 e. The molecule has 0 radical (unpaired) electrons. The minimum absolute atomic E-state index is 0.0291. The Kier molecular flexibility index (Phi) is 4.26. The summed E-state index contributed by atoms with van der Waals surface area (Å²) in [5.41, 5.74) is 6.12. The second-order valence-corrected chi connectivity index (χ2v) is 6.04. The maximum absolute atomic E-state index is 10.9. The summed E-state index contributed by atoms with van der Waals surface area (Å²) in [6, 6.07) is 7.00. The third-order valence-corrected chi connectivity index (χ3v) is 2.99. The molecule has 0 aliphatic carbocycles. The molecular formula is C10H13NO3S2. The van der Waals surface area contributed by atoms with Gasteiger partial charge in [0.05, 0.1) is 11.3 Å². The normalized spacial score (nSPS) is 11.1. The lowest BCUT2D eigenvalue weighted by molar-refractivity contribution is 0.340. The van der Waals surface area contributed by atoms with Crippen LogP contribution in [-0.4, -0.2) is 32.0 Å². The number of benzene rings is 1. The average Bonchev–Trinajstić information content (AvgIpc) is 2.16. The van der Waals surface area contributed by atoms with Gasteiger partial charge < -0.3 is 10.5 Å². The predicted molar refractivity (Wildman–Crippen MR) is 67.5 cm³/mol. The monoisotopic (exact) mass is 259 g/mol. The zero-order chi connectivity index (χ0) is 12.2. The lowest BCUT2D eigenvalue weighted by Gasteiger charge is -2.09. The fourth-order valence-electron chi connectivity index (χ4n) is 1.10. The second-order valence-electron chi connectivity index (χ2n) is 3.34. The number of hydrogen-bond acceptors (Lipinski definition) is 4. The third-order valence-electron chi connectivity index (χ3n) is 1.86. The number of sulfone groups is 1. The summed E-state index contributed by atoms with van der Waals surface area (Å²) in [5, 5.41) is 0. The van der Waals surface area contributed by atoms with E-state index in [4.69, 9.17) is 22.7 Å². The van der Waals surface area contributed by atoms with Crippen LogP contribution in [0.2, 0.25) is 0 Å². The van der Waals surface area contributed by atoms with E-state index >= 15 is 0 Å². The first-order valence-electron chi connectivity index (χ1n) is 4.59. The average molecular weight is 259 g/mol. The fraction of sp³-hybridized carbons (Fsp3) is 0.300. The van der Waals surface area contributed by atoms with E-state index in [-0.39, 0.29) is 17.3 Å². The van der Waals surface area contributed by atoms with Gasteiger partial charge in [-0.05, 0) is 12.1 Å². The lowest BCUT2D eigenvalue weighted by Crippen LogP contribution is -2.15. The molecule has 0 atom stereocenters. The van der Waals surface area contributed by atoms with Gasteiger partial charge in [0.25, 0.3) is 0 Å². The smallest absolute Gasteiger partial charge is 0.150 e. The van der Waals surface area contributed by atoms with Gasteiger partial charge in [0.2, 0.25) is 0 Å². The van der Waals surface area contributed by atoms with Crippen molar-refractivity contribution in [2.45, 2.75) is 0 Å². The highest BCUT2D eigenvalue weighted by molar-refractivity contribution is 7.90. The number of nitrogens with two attached hydrogens (primary N) is 1. The Morgan fingerprint density at radius 2 is 2.06 bits per heavy atom. The molecule has 0 amide bonds. The predicted octanol–water partition coefficient (Wildman–Crippen LogP) is 0.744. The summed E-state index contributed by atoms with van der Waals surface area (Å²) in [7, 11) is -3.02. The van der Waals surface area contributed by atoms with Gasteiger partial charge in [-0.2, -0.15) is 0 Å². The fourth-order valence-corrected chi connectivity index (χ4v) is 1.65. The van der Waals surface area contributed by atoms with Crippen LogP contribution in [0, 0.1) is 0 Å². The number of thiocarbonyl (C=S) groups is 1. The van der Waals surface area contributed by atoms with Crippen LogP contribution in [-0.2, 0) is 9.84 Å². The van der Waals surface area contributed by atoms with Crippen LogP contribution in [0.15, 0.2) is 24.3 Å². The minimum atomic E-state index is -3.02. The highest BCUT2D eigenvalue weighted by Crippen LogP contribution is 2.17. The summed E-state index contributed by atoms with van der Waals surface area (Å²) >= 11 is 4.85. The molecule has 0 fully saturated rings. The van der Waals surface area contributed by atoms with E-state index in [1.165, 1.54) is 0 Å². The molecule has 16 heavy (non-hydrogen) atoms. The van der Waals surface area contributed by atoms with Gasteiger partial charge in [0, 0.05) is 6.26 Å². The van der Waals surface area contributed by atoms with Crippen molar-refractivity contribution in [2.75, 3.05) is 18.6 Å². The molecule has 0 bridgehead atoms. The third kappa shape index (κ3) is 4.16. The van der Waals surface area contributed by atoms with Gasteiger partial charge in [-0.3, -0.25) is 0 Å². The Hall–Kier alpha value is -1.14. The molecule has 0 aliphatic rings. The van der Waals surface area contributed by atoms with Crippen LogP contribution in [0.4, 0.5) is 0 Å². The van der Waals surface area contributed by atoms with Gasteiger partial charge in [-0.15, -0.1) is 0 Å². The van der Waals surface area contributed by atoms with Crippen LogP contribution in [0.5, 0.6) is 5.75 Å². The summed E-state index contributed by atoms with van der Waals surface area (Å²) in [4.78, 5) is 0.231. The highest BCUT2D eigenvalue weighted by Gasteiger charge is 2.07. The Labute approximate surface area is 100 Å². The Morgan fingerprint density at radius 3 is 2.62 bits per heavy atom. The van der Waals surface area contributed by atoms with Crippen molar-refractivity contribution in [3.05, 3.63) is 29.8 Å². The summed E-state index contributed by atoms with van der Waals surface area (Å²) in [5.74, 6) is 0.484. The standard InChI is InChI=1S/C10H13NO3S2/c1-16(12,13)7-6-14-9-5-3-2-4-8(9)10(11)15/h2-5H,6-7H2,1H3,(H2,11,15). The Bertz CT molecular complexity index is 483. The zero-order valence-electron chi connectivity index (χ0n) is 8.84. The molecule has 4 nitrogen and oxygen atoms in total. The minimum Gasteiger partial charge on any atom is -0.492 e. The molecule has 0 saturated heterocycles. The number of ether oxygens (including phenoxy) is 1. The van der Waals surface area contributed by atoms with Crippen LogP contribution < -0.4 is 10.5 Å². The zero-order valence-corrected chi connectivity index (χ0v) is 10.5. The van der Waals surface area contributed by atoms with Crippen molar-refractivity contribution in [1.82, 2.24) is 0 Å². The van der Waals surface area contributed by atoms with Crippen molar-refractivity contribution >= 4 is 27.0 Å². The molecule has 0 spiro atoms. The molecule has 6 heteroatoms. The van der Waals surface area contributed by atoms with Crippen molar-refractivity contribution in [3.8, 4) is 5.75 Å². The van der Waals surface area contributed by atoms with Gasteiger partial charge in [-0.25, -0.2) is 8.42 Å². The van der Waals surface area contributed by atoms with E-state index in [0.717, 1.165) is 6.26 Å². The van der Waals surface area contributed by atoms with Crippen LogP contribution in [0.1, 0.15) is 5.56 Å². The van der Waals surface area contributed by atoms with E-state index in [1.54, 1.807) is 24.3 Å². The number of rotatable bonds is 5. The topological polar surface area (TPSA) is 69.4 Å². The highest BCUT2D eigenvalue weighted by atomic mass is 32.2. The molecule has 1 rings (SSSR count). The molecule has 0 heterocycles. The van der Waals surface area contributed by atoms with E-state index in [2.05, 4.69) is 0 Å². The van der Waals surface area contributed by atoms with Crippen molar-refractivity contribution in [3.63, 3.8) is 0 Å². The summed E-state index contributed by atoms with van der Waals surface area (Å²) in [6.07, 6.45) is 1.16. The Balaban J connectivity index is 2.71.